The Bertz CT molecular complexity index is 411. The average Bonchev–Trinajstić information content (AvgIpc) is 2.50. The summed E-state index contributed by atoms with van der Waals surface area (Å²) in [5, 5.41) is 5.52. The van der Waals surface area contributed by atoms with Gasteiger partial charge in [0.25, 0.3) is 0 Å². The topological polar surface area (TPSA) is 24.3 Å². The molecule has 2 heterocycles. The van der Waals surface area contributed by atoms with Gasteiger partial charge in [-0.15, -0.1) is 0 Å². The van der Waals surface area contributed by atoms with Crippen molar-refractivity contribution >= 4 is 11.6 Å². The van der Waals surface area contributed by atoms with E-state index in [2.05, 4.69) is 33.4 Å². The predicted molar refractivity (Wildman–Crippen MR) is 74.8 cm³/mol. The third-order valence-electron chi connectivity index (χ3n) is 3.42. The number of aryl methyl sites for hydroxylation is 1. The average molecular weight is 271 g/mol. The summed E-state index contributed by atoms with van der Waals surface area (Å²) in [6.45, 7) is 8.30. The molecule has 102 valence electrons. The number of fused-ring (bicyclic) bond motifs is 1. The summed E-state index contributed by atoms with van der Waals surface area (Å²) in [6.07, 6.45) is 1.14. The lowest BCUT2D eigenvalue weighted by Gasteiger charge is -2.23. The molecule has 5 heteroatoms. The third-order valence-corrected chi connectivity index (χ3v) is 3.86. The van der Waals surface area contributed by atoms with Gasteiger partial charge in [-0.2, -0.15) is 5.10 Å². The van der Waals surface area contributed by atoms with Crippen LogP contribution < -0.4 is 0 Å². The van der Waals surface area contributed by atoms with Crippen LogP contribution in [0.2, 0.25) is 5.02 Å². The predicted octanol–water partition coefficient (Wildman–Crippen LogP) is 2.21. The normalized spacial score (nSPS) is 17.3. The maximum absolute atomic E-state index is 6.49. The lowest BCUT2D eigenvalue weighted by atomic mass is 10.2. The molecule has 1 aliphatic heterocycles. The molecule has 0 amide bonds. The van der Waals surface area contributed by atoms with Crippen LogP contribution >= 0.6 is 11.6 Å². The number of halogens is 1. The standard InChI is InChI=1S/C13H23ClN4/c1-10(2)17-6-5-7-18-12(9-17)13(14)11(15-18)8-16(3)4/h10H,5-9H2,1-4H3. The Kier molecular flexibility index (Phi) is 4.30. The Morgan fingerprint density at radius 3 is 2.67 bits per heavy atom. The van der Waals surface area contributed by atoms with Gasteiger partial charge in [0.15, 0.2) is 0 Å². The van der Waals surface area contributed by atoms with Crippen molar-refractivity contribution in [2.24, 2.45) is 0 Å². The Labute approximate surface area is 115 Å². The molecule has 1 aromatic heterocycles. The van der Waals surface area contributed by atoms with Gasteiger partial charge in [0.05, 0.1) is 16.4 Å². The van der Waals surface area contributed by atoms with E-state index in [-0.39, 0.29) is 0 Å². The van der Waals surface area contributed by atoms with E-state index >= 15 is 0 Å². The van der Waals surface area contributed by atoms with Crippen molar-refractivity contribution in [2.45, 2.75) is 45.9 Å². The third kappa shape index (κ3) is 2.87. The van der Waals surface area contributed by atoms with E-state index in [0.29, 0.717) is 6.04 Å². The summed E-state index contributed by atoms with van der Waals surface area (Å²) in [6, 6.07) is 0.555. The highest BCUT2D eigenvalue weighted by atomic mass is 35.5. The van der Waals surface area contributed by atoms with Gasteiger partial charge in [0.1, 0.15) is 0 Å². The van der Waals surface area contributed by atoms with Crippen LogP contribution in [0.4, 0.5) is 0 Å². The first-order valence-electron chi connectivity index (χ1n) is 6.62. The molecule has 0 atom stereocenters. The number of rotatable bonds is 3. The fourth-order valence-corrected chi connectivity index (χ4v) is 2.66. The van der Waals surface area contributed by atoms with Crippen molar-refractivity contribution in [3.8, 4) is 0 Å². The molecule has 0 fully saturated rings. The summed E-state index contributed by atoms with van der Waals surface area (Å²) in [5.41, 5.74) is 2.18. The molecule has 4 nitrogen and oxygen atoms in total. The number of aromatic nitrogens is 2. The first-order valence-corrected chi connectivity index (χ1v) is 6.99. The summed E-state index contributed by atoms with van der Waals surface area (Å²) in [5.74, 6) is 0. The summed E-state index contributed by atoms with van der Waals surface area (Å²) >= 11 is 6.49. The Hall–Kier alpha value is -0.580. The molecular formula is C13H23ClN4. The molecule has 0 radical (unpaired) electrons. The maximum atomic E-state index is 6.49. The van der Waals surface area contributed by atoms with Crippen LogP contribution in [0.1, 0.15) is 31.7 Å². The molecule has 1 aliphatic rings. The van der Waals surface area contributed by atoms with Gasteiger partial charge in [-0.25, -0.2) is 0 Å². The fraction of sp³-hybridized carbons (Fsp3) is 0.769. The molecule has 0 N–H and O–H groups in total. The molecule has 0 aliphatic carbocycles. The summed E-state index contributed by atoms with van der Waals surface area (Å²) in [4.78, 5) is 4.57. The zero-order valence-corrected chi connectivity index (χ0v) is 12.5. The zero-order chi connectivity index (χ0) is 13.3. The van der Waals surface area contributed by atoms with Gasteiger partial charge in [0.2, 0.25) is 0 Å². The lowest BCUT2D eigenvalue weighted by Crippen LogP contribution is -2.30. The van der Waals surface area contributed by atoms with Gasteiger partial charge in [-0.3, -0.25) is 9.58 Å². The van der Waals surface area contributed by atoms with Crippen molar-refractivity contribution in [3.05, 3.63) is 16.4 Å². The monoisotopic (exact) mass is 270 g/mol. The van der Waals surface area contributed by atoms with Crippen LogP contribution in [0, 0.1) is 0 Å². The summed E-state index contributed by atoms with van der Waals surface area (Å²) < 4.78 is 2.10. The van der Waals surface area contributed by atoms with Gasteiger partial charge in [0, 0.05) is 32.2 Å². The van der Waals surface area contributed by atoms with E-state index in [1.807, 2.05) is 14.1 Å². The number of nitrogens with zero attached hydrogens (tertiary/aromatic N) is 4. The van der Waals surface area contributed by atoms with Gasteiger partial charge in [-0.05, 0) is 34.4 Å². The molecule has 0 saturated carbocycles. The molecular weight excluding hydrogens is 248 g/mol. The number of hydrogen-bond acceptors (Lipinski definition) is 3. The minimum atomic E-state index is 0.555. The van der Waals surface area contributed by atoms with Crippen LogP contribution in [-0.2, 0) is 19.6 Å². The Balaban J connectivity index is 2.26. The molecule has 0 spiro atoms. The maximum Gasteiger partial charge on any atom is 0.0954 e. The minimum Gasteiger partial charge on any atom is -0.303 e. The Morgan fingerprint density at radius 1 is 1.33 bits per heavy atom. The van der Waals surface area contributed by atoms with Gasteiger partial charge in [-0.1, -0.05) is 11.6 Å². The molecule has 18 heavy (non-hydrogen) atoms. The van der Waals surface area contributed by atoms with E-state index < -0.39 is 0 Å². The highest BCUT2D eigenvalue weighted by molar-refractivity contribution is 6.31. The second-order valence-electron chi connectivity index (χ2n) is 5.59. The van der Waals surface area contributed by atoms with Crippen LogP contribution in [0.3, 0.4) is 0 Å². The fourth-order valence-electron chi connectivity index (χ4n) is 2.40. The first kappa shape index (κ1) is 13.8. The van der Waals surface area contributed by atoms with Gasteiger partial charge < -0.3 is 4.90 Å². The molecule has 0 bridgehead atoms. The SMILES string of the molecule is CC(C)N1CCCn2nc(CN(C)C)c(Cl)c2C1. The molecule has 0 unspecified atom stereocenters. The van der Waals surface area contributed by atoms with Crippen LogP contribution in [-0.4, -0.2) is 46.3 Å². The van der Waals surface area contributed by atoms with Crippen molar-refractivity contribution in [3.63, 3.8) is 0 Å². The number of hydrogen-bond donors (Lipinski definition) is 0. The minimum absolute atomic E-state index is 0.555. The largest absolute Gasteiger partial charge is 0.303 e. The highest BCUT2D eigenvalue weighted by Gasteiger charge is 2.22. The summed E-state index contributed by atoms with van der Waals surface area (Å²) in [7, 11) is 4.09. The molecule has 1 aromatic rings. The molecule has 2 rings (SSSR count). The van der Waals surface area contributed by atoms with Crippen molar-refractivity contribution in [1.29, 1.82) is 0 Å². The van der Waals surface area contributed by atoms with Crippen LogP contribution in [0.25, 0.3) is 0 Å². The smallest absolute Gasteiger partial charge is 0.0954 e. The second kappa shape index (κ2) is 5.59. The van der Waals surface area contributed by atoms with Gasteiger partial charge >= 0.3 is 0 Å². The van der Waals surface area contributed by atoms with E-state index in [4.69, 9.17) is 11.6 Å². The second-order valence-corrected chi connectivity index (χ2v) is 5.96. The Morgan fingerprint density at radius 2 is 2.06 bits per heavy atom. The zero-order valence-electron chi connectivity index (χ0n) is 11.8. The van der Waals surface area contributed by atoms with Crippen molar-refractivity contribution < 1.29 is 0 Å². The van der Waals surface area contributed by atoms with E-state index in [0.717, 1.165) is 43.3 Å². The van der Waals surface area contributed by atoms with Crippen molar-refractivity contribution in [2.75, 3.05) is 20.6 Å². The van der Waals surface area contributed by atoms with E-state index in [1.165, 1.54) is 5.69 Å². The van der Waals surface area contributed by atoms with Crippen LogP contribution in [0.15, 0.2) is 0 Å². The quantitative estimate of drug-likeness (QED) is 0.842. The van der Waals surface area contributed by atoms with Crippen LogP contribution in [0.5, 0.6) is 0 Å². The van der Waals surface area contributed by atoms with E-state index in [9.17, 15) is 0 Å². The molecule has 0 saturated heterocycles. The highest BCUT2D eigenvalue weighted by Crippen LogP contribution is 2.26. The molecule has 0 aromatic carbocycles. The first-order chi connectivity index (χ1) is 8.49. The van der Waals surface area contributed by atoms with E-state index in [1.54, 1.807) is 0 Å². The van der Waals surface area contributed by atoms with Crippen molar-refractivity contribution in [1.82, 2.24) is 19.6 Å². The lowest BCUT2D eigenvalue weighted by molar-refractivity contribution is 0.216.